The van der Waals surface area contributed by atoms with Gasteiger partial charge in [-0.1, -0.05) is 19.4 Å². The van der Waals surface area contributed by atoms with Crippen LogP contribution in [0.15, 0.2) is 18.2 Å². The highest BCUT2D eigenvalue weighted by Gasteiger charge is 2.27. The van der Waals surface area contributed by atoms with Crippen molar-refractivity contribution in [2.45, 2.75) is 39.0 Å². The molecule has 0 bridgehead atoms. The van der Waals surface area contributed by atoms with Crippen molar-refractivity contribution in [2.24, 2.45) is 11.8 Å². The molecule has 1 aliphatic carbocycles. The van der Waals surface area contributed by atoms with E-state index in [2.05, 4.69) is 6.92 Å². The summed E-state index contributed by atoms with van der Waals surface area (Å²) in [6.07, 6.45) is 5.20. The van der Waals surface area contributed by atoms with E-state index in [0.29, 0.717) is 5.56 Å². The fourth-order valence-electron chi connectivity index (χ4n) is 2.80. The van der Waals surface area contributed by atoms with E-state index in [4.69, 9.17) is 5.73 Å². The molecule has 0 aromatic heterocycles. The molecule has 2 N–H and O–H groups in total. The molecule has 1 aromatic carbocycles. The molecule has 1 fully saturated rings. The molecule has 1 aliphatic rings. The lowest BCUT2D eigenvalue weighted by molar-refractivity contribution is 0.0871. The Labute approximate surface area is 107 Å². The van der Waals surface area contributed by atoms with Gasteiger partial charge in [0.1, 0.15) is 5.82 Å². The van der Waals surface area contributed by atoms with Gasteiger partial charge < -0.3 is 5.73 Å². The number of hydrogen-bond acceptors (Lipinski definition) is 2. The molecular weight excluding hydrogens is 229 g/mol. The summed E-state index contributed by atoms with van der Waals surface area (Å²) in [7, 11) is 0. The minimum atomic E-state index is -0.497. The Morgan fingerprint density at radius 2 is 2.00 bits per heavy atom. The van der Waals surface area contributed by atoms with E-state index in [1.54, 1.807) is 12.1 Å². The highest BCUT2D eigenvalue weighted by Crippen LogP contribution is 2.33. The first-order chi connectivity index (χ1) is 8.63. The third-order valence-electron chi connectivity index (χ3n) is 4.11. The summed E-state index contributed by atoms with van der Waals surface area (Å²) in [6, 6.07) is 4.48. The summed E-state index contributed by atoms with van der Waals surface area (Å²) in [6.45, 7) is 2.19. The molecule has 0 saturated heterocycles. The fraction of sp³-hybridized carbons (Fsp3) is 0.533. The van der Waals surface area contributed by atoms with Gasteiger partial charge in [0.05, 0.1) is 5.69 Å². The Hall–Kier alpha value is -1.38. The smallest absolute Gasteiger partial charge is 0.168 e. The summed E-state index contributed by atoms with van der Waals surface area (Å²) in [4.78, 5) is 12.3. The Morgan fingerprint density at radius 3 is 2.61 bits per heavy atom. The van der Waals surface area contributed by atoms with Gasteiger partial charge >= 0.3 is 0 Å². The number of carbonyl (C=O) groups excluding carboxylic acids is 1. The van der Waals surface area contributed by atoms with Gasteiger partial charge in [-0.05, 0) is 43.7 Å². The Balaban J connectivity index is 2.10. The first kappa shape index (κ1) is 13.1. The number of rotatable bonds is 3. The average molecular weight is 249 g/mol. The monoisotopic (exact) mass is 249 g/mol. The van der Waals surface area contributed by atoms with E-state index < -0.39 is 5.82 Å². The van der Waals surface area contributed by atoms with Crippen molar-refractivity contribution in [3.8, 4) is 0 Å². The van der Waals surface area contributed by atoms with Crippen LogP contribution in [0.25, 0.3) is 0 Å². The molecular formula is C15H20FNO. The quantitative estimate of drug-likeness (QED) is 0.654. The van der Waals surface area contributed by atoms with Crippen molar-refractivity contribution >= 4 is 11.5 Å². The van der Waals surface area contributed by atoms with Crippen LogP contribution in [0.3, 0.4) is 0 Å². The van der Waals surface area contributed by atoms with Crippen molar-refractivity contribution in [3.05, 3.63) is 29.6 Å². The zero-order chi connectivity index (χ0) is 13.1. The Kier molecular flexibility index (Phi) is 4.00. The molecule has 0 radical (unpaired) electrons. The van der Waals surface area contributed by atoms with E-state index in [0.717, 1.165) is 31.6 Å². The zero-order valence-corrected chi connectivity index (χ0v) is 10.8. The van der Waals surface area contributed by atoms with Crippen LogP contribution in [-0.4, -0.2) is 5.78 Å². The molecule has 2 rings (SSSR count). The second-order valence-electron chi connectivity index (χ2n) is 5.19. The third kappa shape index (κ3) is 2.55. The first-order valence-electron chi connectivity index (χ1n) is 6.71. The molecule has 0 spiro atoms. The standard InChI is InChI=1S/C15H20FNO/c1-2-10-6-8-11(9-7-10)15(18)12-4-3-5-13(16)14(12)17/h3-5,10-11H,2,6-9,17H2,1H3. The number of hydrogen-bond donors (Lipinski definition) is 1. The highest BCUT2D eigenvalue weighted by molar-refractivity contribution is 6.02. The van der Waals surface area contributed by atoms with Gasteiger partial charge in [-0.3, -0.25) is 4.79 Å². The van der Waals surface area contributed by atoms with Crippen molar-refractivity contribution in [2.75, 3.05) is 5.73 Å². The van der Waals surface area contributed by atoms with E-state index >= 15 is 0 Å². The van der Waals surface area contributed by atoms with E-state index in [1.165, 1.54) is 12.5 Å². The number of benzene rings is 1. The topological polar surface area (TPSA) is 43.1 Å². The predicted octanol–water partition coefficient (Wildman–Crippen LogP) is 3.81. The second-order valence-corrected chi connectivity index (χ2v) is 5.19. The number of anilines is 1. The van der Waals surface area contributed by atoms with Crippen molar-refractivity contribution in [1.82, 2.24) is 0 Å². The maximum Gasteiger partial charge on any atom is 0.168 e. The summed E-state index contributed by atoms with van der Waals surface area (Å²) in [5.74, 6) is 0.292. The molecule has 98 valence electrons. The average Bonchev–Trinajstić information content (AvgIpc) is 2.41. The molecule has 3 heteroatoms. The van der Waals surface area contributed by atoms with Crippen LogP contribution in [0.4, 0.5) is 10.1 Å². The van der Waals surface area contributed by atoms with Crippen molar-refractivity contribution in [1.29, 1.82) is 0 Å². The molecule has 1 aromatic rings. The molecule has 1 saturated carbocycles. The lowest BCUT2D eigenvalue weighted by Crippen LogP contribution is -2.22. The van der Waals surface area contributed by atoms with Crippen LogP contribution in [0, 0.1) is 17.7 Å². The third-order valence-corrected chi connectivity index (χ3v) is 4.11. The molecule has 0 unspecified atom stereocenters. The van der Waals surface area contributed by atoms with Crippen molar-refractivity contribution in [3.63, 3.8) is 0 Å². The Morgan fingerprint density at radius 1 is 1.33 bits per heavy atom. The summed E-state index contributed by atoms with van der Waals surface area (Å²) in [5, 5.41) is 0. The zero-order valence-electron chi connectivity index (χ0n) is 10.8. The van der Waals surface area contributed by atoms with Gasteiger partial charge in [0.15, 0.2) is 5.78 Å². The molecule has 0 atom stereocenters. The van der Waals surface area contributed by atoms with Crippen LogP contribution in [0.1, 0.15) is 49.4 Å². The van der Waals surface area contributed by atoms with Gasteiger partial charge in [0.25, 0.3) is 0 Å². The van der Waals surface area contributed by atoms with Gasteiger partial charge in [-0.2, -0.15) is 0 Å². The van der Waals surface area contributed by atoms with Crippen LogP contribution >= 0.6 is 0 Å². The number of Topliss-reactive ketones (excluding diaryl/α,β-unsaturated/α-hetero) is 1. The Bertz CT molecular complexity index is 436. The minimum Gasteiger partial charge on any atom is -0.396 e. The van der Waals surface area contributed by atoms with Gasteiger partial charge in [0, 0.05) is 11.5 Å². The molecule has 0 amide bonds. The van der Waals surface area contributed by atoms with Crippen LogP contribution < -0.4 is 5.73 Å². The summed E-state index contributed by atoms with van der Waals surface area (Å²) in [5.41, 5.74) is 6.00. The molecule has 18 heavy (non-hydrogen) atoms. The van der Waals surface area contributed by atoms with Crippen LogP contribution in [0.5, 0.6) is 0 Å². The van der Waals surface area contributed by atoms with Gasteiger partial charge in [0.2, 0.25) is 0 Å². The van der Waals surface area contributed by atoms with E-state index in [-0.39, 0.29) is 17.4 Å². The van der Waals surface area contributed by atoms with Gasteiger partial charge in [-0.25, -0.2) is 4.39 Å². The number of nitrogens with two attached hydrogens (primary N) is 1. The van der Waals surface area contributed by atoms with E-state index in [9.17, 15) is 9.18 Å². The summed E-state index contributed by atoms with van der Waals surface area (Å²) >= 11 is 0. The second kappa shape index (κ2) is 5.51. The number of ketones is 1. The normalized spacial score (nSPS) is 23.9. The van der Waals surface area contributed by atoms with E-state index in [1.807, 2.05) is 0 Å². The number of carbonyl (C=O) groups is 1. The highest BCUT2D eigenvalue weighted by atomic mass is 19.1. The lowest BCUT2D eigenvalue weighted by Gasteiger charge is -2.27. The predicted molar refractivity (Wildman–Crippen MR) is 70.9 cm³/mol. The van der Waals surface area contributed by atoms with Crippen LogP contribution in [-0.2, 0) is 0 Å². The first-order valence-corrected chi connectivity index (χ1v) is 6.71. The fourth-order valence-corrected chi connectivity index (χ4v) is 2.80. The number of nitrogen functional groups attached to an aromatic ring is 1. The largest absolute Gasteiger partial charge is 0.396 e. The van der Waals surface area contributed by atoms with Crippen molar-refractivity contribution < 1.29 is 9.18 Å². The SMILES string of the molecule is CCC1CCC(C(=O)c2cccc(F)c2N)CC1. The maximum absolute atomic E-state index is 13.3. The minimum absolute atomic E-state index is 0.000106. The molecule has 0 aliphatic heterocycles. The summed E-state index contributed by atoms with van der Waals surface area (Å²) < 4.78 is 13.3. The van der Waals surface area contributed by atoms with Gasteiger partial charge in [-0.15, -0.1) is 0 Å². The van der Waals surface area contributed by atoms with Crippen LogP contribution in [0.2, 0.25) is 0 Å². The maximum atomic E-state index is 13.3. The number of halogens is 1. The molecule has 0 heterocycles. The molecule has 2 nitrogen and oxygen atoms in total. The lowest BCUT2D eigenvalue weighted by atomic mass is 9.77. The number of para-hydroxylation sites is 1.